The molecule has 0 saturated carbocycles. The van der Waals surface area contributed by atoms with Crippen LogP contribution in [0.3, 0.4) is 0 Å². The maximum atomic E-state index is 11.9. The minimum atomic E-state index is -0.457. The van der Waals surface area contributed by atoms with E-state index in [1.807, 2.05) is 0 Å². The summed E-state index contributed by atoms with van der Waals surface area (Å²) in [6, 6.07) is 4.68. The predicted molar refractivity (Wildman–Crippen MR) is 76.5 cm³/mol. The van der Waals surface area contributed by atoms with Gasteiger partial charge in [0.15, 0.2) is 6.61 Å². The summed E-state index contributed by atoms with van der Waals surface area (Å²) in [5.74, 6) is 0.0247. The molecule has 0 aliphatic rings. The molecular formula is C14H20N2O5. The number of carbonyl (C=O) groups is 2. The van der Waals surface area contributed by atoms with E-state index in [2.05, 4.69) is 5.32 Å². The average Bonchev–Trinajstić information content (AvgIpc) is 2.50. The van der Waals surface area contributed by atoms with E-state index in [-0.39, 0.29) is 12.5 Å². The van der Waals surface area contributed by atoms with Crippen molar-refractivity contribution in [3.8, 4) is 11.5 Å². The molecule has 0 aliphatic heterocycles. The van der Waals surface area contributed by atoms with Crippen LogP contribution in [0.25, 0.3) is 0 Å². The normalized spacial score (nSPS) is 9.86. The van der Waals surface area contributed by atoms with Gasteiger partial charge < -0.3 is 25.3 Å². The van der Waals surface area contributed by atoms with E-state index in [4.69, 9.17) is 19.9 Å². The second kappa shape index (κ2) is 8.80. The molecule has 0 unspecified atom stereocenters. The number of nitrogens with one attached hydrogen (secondary N) is 1. The van der Waals surface area contributed by atoms with Crippen LogP contribution in [0, 0.1) is 0 Å². The molecule has 0 saturated heterocycles. The molecule has 7 heteroatoms. The number of nitrogens with two attached hydrogens (primary N) is 1. The van der Waals surface area contributed by atoms with Gasteiger partial charge in [-0.25, -0.2) is 4.79 Å². The molecule has 0 heterocycles. The Kier molecular flexibility index (Phi) is 7.03. The van der Waals surface area contributed by atoms with Gasteiger partial charge in [-0.15, -0.1) is 0 Å². The maximum absolute atomic E-state index is 11.9. The van der Waals surface area contributed by atoms with E-state index in [1.54, 1.807) is 19.1 Å². The Bertz CT molecular complexity index is 490. The molecule has 0 aliphatic carbocycles. The zero-order valence-corrected chi connectivity index (χ0v) is 12.2. The lowest BCUT2D eigenvalue weighted by atomic mass is 10.1. The number of hydrogen-bond acceptors (Lipinski definition) is 6. The Hall–Kier alpha value is -2.28. The molecule has 0 spiro atoms. The quantitative estimate of drug-likeness (QED) is 0.670. The first-order valence-electron chi connectivity index (χ1n) is 6.57. The van der Waals surface area contributed by atoms with Gasteiger partial charge in [0.25, 0.3) is 5.91 Å². The van der Waals surface area contributed by atoms with Gasteiger partial charge in [0.2, 0.25) is 0 Å². The molecule has 21 heavy (non-hydrogen) atoms. The Balaban J connectivity index is 2.74. The highest BCUT2D eigenvalue weighted by molar-refractivity contribution is 5.97. The number of ether oxygens (including phenoxy) is 3. The van der Waals surface area contributed by atoms with Crippen LogP contribution in [0.15, 0.2) is 18.2 Å². The van der Waals surface area contributed by atoms with E-state index >= 15 is 0 Å². The zero-order chi connectivity index (χ0) is 15.7. The lowest BCUT2D eigenvalue weighted by molar-refractivity contribution is -0.145. The standard InChI is InChI=1S/C14H20N2O5/c1-3-20-13(17)9-21-10-4-5-11(12(8-10)19-2)14(18)16-7-6-15/h4-5,8H,3,6-7,9,15H2,1-2H3,(H,16,18). The molecule has 116 valence electrons. The molecule has 1 aromatic rings. The first kappa shape index (κ1) is 16.8. The lowest BCUT2D eigenvalue weighted by Crippen LogP contribution is -2.29. The molecule has 0 radical (unpaired) electrons. The summed E-state index contributed by atoms with van der Waals surface area (Å²) in [6.07, 6.45) is 0. The summed E-state index contributed by atoms with van der Waals surface area (Å²) in [4.78, 5) is 23.1. The van der Waals surface area contributed by atoms with Crippen molar-refractivity contribution < 1.29 is 23.8 Å². The molecular weight excluding hydrogens is 276 g/mol. The Morgan fingerprint density at radius 3 is 2.71 bits per heavy atom. The van der Waals surface area contributed by atoms with Gasteiger partial charge in [0.1, 0.15) is 11.5 Å². The minimum Gasteiger partial charge on any atom is -0.496 e. The van der Waals surface area contributed by atoms with Crippen LogP contribution >= 0.6 is 0 Å². The Labute approximate surface area is 123 Å². The highest BCUT2D eigenvalue weighted by Crippen LogP contribution is 2.24. The number of carbonyl (C=O) groups excluding carboxylic acids is 2. The molecule has 1 amide bonds. The number of benzene rings is 1. The summed E-state index contributed by atoms with van der Waals surface area (Å²) < 4.78 is 15.2. The topological polar surface area (TPSA) is 99.9 Å². The fraction of sp³-hybridized carbons (Fsp3) is 0.429. The van der Waals surface area contributed by atoms with E-state index < -0.39 is 5.97 Å². The molecule has 7 nitrogen and oxygen atoms in total. The van der Waals surface area contributed by atoms with Crippen molar-refractivity contribution in [3.05, 3.63) is 23.8 Å². The monoisotopic (exact) mass is 296 g/mol. The second-order valence-electron chi connectivity index (χ2n) is 4.00. The number of rotatable bonds is 8. The van der Waals surface area contributed by atoms with Gasteiger partial charge in [0.05, 0.1) is 19.3 Å². The Morgan fingerprint density at radius 2 is 2.10 bits per heavy atom. The van der Waals surface area contributed by atoms with Crippen LogP contribution in [0.5, 0.6) is 11.5 Å². The van der Waals surface area contributed by atoms with Crippen LogP contribution in [0.1, 0.15) is 17.3 Å². The van der Waals surface area contributed by atoms with Gasteiger partial charge in [-0.1, -0.05) is 0 Å². The van der Waals surface area contributed by atoms with Crippen molar-refractivity contribution in [2.45, 2.75) is 6.92 Å². The largest absolute Gasteiger partial charge is 0.496 e. The third kappa shape index (κ3) is 5.31. The van der Waals surface area contributed by atoms with E-state index in [0.29, 0.717) is 36.8 Å². The van der Waals surface area contributed by atoms with Gasteiger partial charge in [-0.3, -0.25) is 4.79 Å². The highest BCUT2D eigenvalue weighted by atomic mass is 16.6. The van der Waals surface area contributed by atoms with Gasteiger partial charge in [-0.05, 0) is 19.1 Å². The van der Waals surface area contributed by atoms with Crippen molar-refractivity contribution in [1.29, 1.82) is 0 Å². The highest BCUT2D eigenvalue weighted by Gasteiger charge is 2.13. The van der Waals surface area contributed by atoms with Gasteiger partial charge in [0, 0.05) is 19.2 Å². The van der Waals surface area contributed by atoms with Crippen molar-refractivity contribution in [3.63, 3.8) is 0 Å². The van der Waals surface area contributed by atoms with E-state index in [9.17, 15) is 9.59 Å². The summed E-state index contributed by atoms with van der Waals surface area (Å²) in [5, 5.41) is 2.65. The fourth-order valence-corrected chi connectivity index (χ4v) is 1.57. The van der Waals surface area contributed by atoms with Crippen LogP contribution < -0.4 is 20.5 Å². The van der Waals surface area contributed by atoms with E-state index in [0.717, 1.165) is 0 Å². The summed E-state index contributed by atoms with van der Waals surface area (Å²) in [5.41, 5.74) is 5.70. The van der Waals surface area contributed by atoms with Crippen molar-refractivity contribution in [2.24, 2.45) is 5.73 Å². The number of methoxy groups -OCH3 is 1. The summed E-state index contributed by atoms with van der Waals surface area (Å²) in [7, 11) is 1.45. The third-order valence-corrected chi connectivity index (χ3v) is 2.51. The van der Waals surface area contributed by atoms with Gasteiger partial charge in [-0.2, -0.15) is 0 Å². The third-order valence-electron chi connectivity index (χ3n) is 2.51. The number of amides is 1. The molecule has 0 aromatic heterocycles. The molecule has 0 atom stereocenters. The lowest BCUT2D eigenvalue weighted by Gasteiger charge is -2.11. The average molecular weight is 296 g/mol. The van der Waals surface area contributed by atoms with Crippen molar-refractivity contribution in [1.82, 2.24) is 5.32 Å². The smallest absolute Gasteiger partial charge is 0.344 e. The first-order chi connectivity index (χ1) is 10.1. The first-order valence-corrected chi connectivity index (χ1v) is 6.57. The molecule has 1 aromatic carbocycles. The summed E-state index contributed by atoms with van der Waals surface area (Å²) in [6.45, 7) is 2.55. The molecule has 1 rings (SSSR count). The maximum Gasteiger partial charge on any atom is 0.344 e. The SMILES string of the molecule is CCOC(=O)COc1ccc(C(=O)NCCN)c(OC)c1. The van der Waals surface area contributed by atoms with Crippen LogP contribution in [-0.2, 0) is 9.53 Å². The minimum absolute atomic E-state index is 0.199. The van der Waals surface area contributed by atoms with Crippen LogP contribution in [0.4, 0.5) is 0 Å². The van der Waals surface area contributed by atoms with Crippen molar-refractivity contribution in [2.75, 3.05) is 33.4 Å². The number of hydrogen-bond donors (Lipinski definition) is 2. The summed E-state index contributed by atoms with van der Waals surface area (Å²) >= 11 is 0. The van der Waals surface area contributed by atoms with Crippen molar-refractivity contribution >= 4 is 11.9 Å². The zero-order valence-electron chi connectivity index (χ0n) is 12.2. The molecule has 0 fully saturated rings. The predicted octanol–water partition coefficient (Wildman–Crippen LogP) is 0.326. The Morgan fingerprint density at radius 1 is 1.33 bits per heavy atom. The van der Waals surface area contributed by atoms with E-state index in [1.165, 1.54) is 13.2 Å². The second-order valence-corrected chi connectivity index (χ2v) is 4.00. The fourth-order valence-electron chi connectivity index (χ4n) is 1.57. The van der Waals surface area contributed by atoms with Crippen LogP contribution in [-0.4, -0.2) is 45.3 Å². The molecule has 0 bridgehead atoms. The number of esters is 1. The van der Waals surface area contributed by atoms with Gasteiger partial charge >= 0.3 is 5.97 Å². The van der Waals surface area contributed by atoms with Crippen LogP contribution in [0.2, 0.25) is 0 Å². The molecule has 3 N–H and O–H groups in total.